The number of ether oxygens (including phenoxy) is 1. The molecule has 0 heterocycles. The molecule has 0 saturated carbocycles. The van der Waals surface area contributed by atoms with Crippen LogP contribution in [0.1, 0.15) is 45.7 Å². The number of benzene rings is 1. The fourth-order valence-corrected chi connectivity index (χ4v) is 2.33. The Kier molecular flexibility index (Phi) is 6.21. The third kappa shape index (κ3) is 5.76. The number of hydrogen-bond donors (Lipinski definition) is 2. The number of amides is 1. The highest BCUT2D eigenvalue weighted by molar-refractivity contribution is 5.79. The Morgan fingerprint density at radius 3 is 2.29 bits per heavy atom. The number of carbonyl (C=O) groups is 1. The summed E-state index contributed by atoms with van der Waals surface area (Å²) in [4.78, 5) is 12.3. The van der Waals surface area contributed by atoms with Crippen molar-refractivity contribution in [1.29, 1.82) is 0 Å². The van der Waals surface area contributed by atoms with Gasteiger partial charge in [0.05, 0.1) is 19.1 Å². The molecule has 0 fully saturated rings. The number of hydrogen-bond acceptors (Lipinski definition) is 3. The third-order valence-corrected chi connectivity index (χ3v) is 3.49. The molecule has 2 atom stereocenters. The van der Waals surface area contributed by atoms with Gasteiger partial charge in [-0.2, -0.15) is 0 Å². The van der Waals surface area contributed by atoms with E-state index in [9.17, 15) is 4.79 Å². The third-order valence-electron chi connectivity index (χ3n) is 3.49. The van der Waals surface area contributed by atoms with E-state index in [4.69, 9.17) is 10.5 Å². The summed E-state index contributed by atoms with van der Waals surface area (Å²) >= 11 is 0. The zero-order valence-corrected chi connectivity index (χ0v) is 13.8. The highest BCUT2D eigenvalue weighted by Gasteiger charge is 2.24. The van der Waals surface area contributed by atoms with Gasteiger partial charge in [0, 0.05) is 6.54 Å². The summed E-state index contributed by atoms with van der Waals surface area (Å²) in [5, 5.41) is 3.05. The van der Waals surface area contributed by atoms with Gasteiger partial charge >= 0.3 is 0 Å². The quantitative estimate of drug-likeness (QED) is 0.847. The van der Waals surface area contributed by atoms with Gasteiger partial charge in [-0.3, -0.25) is 4.79 Å². The molecule has 3 N–H and O–H groups in total. The van der Waals surface area contributed by atoms with Gasteiger partial charge in [-0.05, 0) is 36.5 Å². The molecule has 0 aliphatic rings. The number of methoxy groups -OCH3 is 1. The second-order valence-corrected chi connectivity index (χ2v) is 6.70. The van der Waals surface area contributed by atoms with Gasteiger partial charge in [0.15, 0.2) is 0 Å². The Bertz CT molecular complexity index is 449. The van der Waals surface area contributed by atoms with E-state index in [2.05, 4.69) is 26.1 Å². The molecular weight excluding hydrogens is 264 g/mol. The molecule has 1 amide bonds. The van der Waals surface area contributed by atoms with Gasteiger partial charge in [0.1, 0.15) is 5.75 Å². The summed E-state index contributed by atoms with van der Waals surface area (Å²) in [6.45, 7) is 8.71. The maximum Gasteiger partial charge on any atom is 0.224 e. The molecular formula is C17H28N2O2. The van der Waals surface area contributed by atoms with Crippen LogP contribution in [-0.2, 0) is 4.79 Å². The Morgan fingerprint density at radius 2 is 1.86 bits per heavy atom. The summed E-state index contributed by atoms with van der Waals surface area (Å²) in [5.41, 5.74) is 6.90. The predicted octanol–water partition coefficient (Wildman–Crippen LogP) is 2.88. The van der Waals surface area contributed by atoms with Crippen LogP contribution in [0.15, 0.2) is 24.3 Å². The van der Waals surface area contributed by atoms with Gasteiger partial charge in [-0.25, -0.2) is 0 Å². The summed E-state index contributed by atoms with van der Waals surface area (Å²) < 4.78 is 5.14. The van der Waals surface area contributed by atoms with Gasteiger partial charge in [-0.15, -0.1) is 0 Å². The van der Waals surface area contributed by atoms with E-state index in [1.54, 1.807) is 7.11 Å². The summed E-state index contributed by atoms with van der Waals surface area (Å²) in [6.07, 6.45) is 0.782. The smallest absolute Gasteiger partial charge is 0.224 e. The van der Waals surface area contributed by atoms with E-state index in [1.807, 2.05) is 31.2 Å². The molecule has 0 spiro atoms. The predicted molar refractivity (Wildman–Crippen MR) is 86.2 cm³/mol. The van der Waals surface area contributed by atoms with Crippen molar-refractivity contribution in [1.82, 2.24) is 5.32 Å². The first-order chi connectivity index (χ1) is 9.76. The molecule has 1 unspecified atom stereocenters. The monoisotopic (exact) mass is 292 g/mol. The van der Waals surface area contributed by atoms with Gasteiger partial charge in [0.25, 0.3) is 0 Å². The van der Waals surface area contributed by atoms with Gasteiger partial charge in [0.2, 0.25) is 5.91 Å². The van der Waals surface area contributed by atoms with E-state index in [0.717, 1.165) is 17.7 Å². The highest BCUT2D eigenvalue weighted by Crippen LogP contribution is 2.25. The zero-order valence-electron chi connectivity index (χ0n) is 13.8. The largest absolute Gasteiger partial charge is 0.497 e. The fourth-order valence-electron chi connectivity index (χ4n) is 2.33. The summed E-state index contributed by atoms with van der Waals surface area (Å²) in [5.74, 6) is 0.686. The Labute approximate surface area is 128 Å². The van der Waals surface area contributed by atoms with Crippen LogP contribution in [0.2, 0.25) is 0 Å². The first-order valence-electron chi connectivity index (χ1n) is 7.41. The standard InChI is InChI=1S/C17H28N2O2/c1-12(13-6-8-15(21-5)9-7-13)19-16(20)14(11-18)10-17(2,3)4/h6-9,12,14H,10-11,18H2,1-5H3,(H,19,20)/t12-,14?/m0/s1. The van der Waals surface area contributed by atoms with Gasteiger partial charge < -0.3 is 15.8 Å². The van der Waals surface area contributed by atoms with Crippen molar-refractivity contribution in [3.05, 3.63) is 29.8 Å². The lowest BCUT2D eigenvalue weighted by molar-refractivity contribution is -0.126. The molecule has 0 saturated heterocycles. The van der Waals surface area contributed by atoms with Crippen LogP contribution in [0.5, 0.6) is 5.75 Å². The SMILES string of the molecule is COc1ccc([C@H](C)NC(=O)C(CN)CC(C)(C)C)cc1. The molecule has 0 radical (unpaired) electrons. The van der Waals surface area contributed by atoms with Crippen LogP contribution in [0.3, 0.4) is 0 Å². The number of rotatable bonds is 6. The van der Waals surface area contributed by atoms with Crippen LogP contribution in [-0.4, -0.2) is 19.6 Å². The second kappa shape index (κ2) is 7.46. The second-order valence-electron chi connectivity index (χ2n) is 6.70. The van der Waals surface area contributed by atoms with Crippen LogP contribution < -0.4 is 15.8 Å². The Hall–Kier alpha value is -1.55. The first-order valence-corrected chi connectivity index (χ1v) is 7.41. The van der Waals surface area contributed by atoms with Crippen LogP contribution in [0, 0.1) is 11.3 Å². The maximum atomic E-state index is 12.3. The molecule has 0 aliphatic carbocycles. The van der Waals surface area contributed by atoms with E-state index >= 15 is 0 Å². The molecule has 118 valence electrons. The van der Waals surface area contributed by atoms with Crippen molar-refractivity contribution >= 4 is 5.91 Å². The average Bonchev–Trinajstić information content (AvgIpc) is 2.43. The Balaban J connectivity index is 2.67. The van der Waals surface area contributed by atoms with Crippen molar-refractivity contribution in [3.8, 4) is 5.75 Å². The number of carbonyl (C=O) groups excluding carboxylic acids is 1. The summed E-state index contributed by atoms with van der Waals surface area (Å²) in [7, 11) is 1.64. The first kappa shape index (κ1) is 17.5. The van der Waals surface area contributed by atoms with E-state index in [-0.39, 0.29) is 23.3 Å². The van der Waals surface area contributed by atoms with E-state index < -0.39 is 0 Å². The molecule has 1 rings (SSSR count). The van der Waals surface area contributed by atoms with Crippen molar-refractivity contribution in [3.63, 3.8) is 0 Å². The molecule has 1 aromatic carbocycles. The lowest BCUT2D eigenvalue weighted by Crippen LogP contribution is -2.38. The lowest BCUT2D eigenvalue weighted by atomic mass is 9.84. The van der Waals surface area contributed by atoms with E-state index in [1.165, 1.54) is 0 Å². The van der Waals surface area contributed by atoms with Crippen molar-refractivity contribution in [2.75, 3.05) is 13.7 Å². The molecule has 21 heavy (non-hydrogen) atoms. The van der Waals surface area contributed by atoms with Crippen LogP contribution >= 0.6 is 0 Å². The van der Waals surface area contributed by atoms with E-state index in [0.29, 0.717) is 6.54 Å². The van der Waals surface area contributed by atoms with Gasteiger partial charge in [-0.1, -0.05) is 32.9 Å². The normalized spacial score (nSPS) is 14.4. The van der Waals surface area contributed by atoms with Crippen molar-refractivity contribution < 1.29 is 9.53 Å². The summed E-state index contributed by atoms with van der Waals surface area (Å²) in [6, 6.07) is 7.68. The van der Waals surface area contributed by atoms with Crippen molar-refractivity contribution in [2.45, 2.75) is 40.2 Å². The minimum absolute atomic E-state index is 0.0238. The Morgan fingerprint density at radius 1 is 1.29 bits per heavy atom. The molecule has 0 aromatic heterocycles. The number of nitrogens with one attached hydrogen (secondary N) is 1. The number of nitrogens with two attached hydrogens (primary N) is 1. The fraction of sp³-hybridized carbons (Fsp3) is 0.588. The maximum absolute atomic E-state index is 12.3. The average molecular weight is 292 g/mol. The lowest BCUT2D eigenvalue weighted by Gasteiger charge is -2.26. The minimum atomic E-state index is -0.148. The van der Waals surface area contributed by atoms with Crippen LogP contribution in [0.4, 0.5) is 0 Å². The molecule has 0 bridgehead atoms. The minimum Gasteiger partial charge on any atom is -0.497 e. The molecule has 1 aromatic rings. The van der Waals surface area contributed by atoms with Crippen LogP contribution in [0.25, 0.3) is 0 Å². The molecule has 4 heteroatoms. The topological polar surface area (TPSA) is 64.3 Å². The molecule has 4 nitrogen and oxygen atoms in total. The zero-order chi connectivity index (χ0) is 16.0. The highest BCUT2D eigenvalue weighted by atomic mass is 16.5. The molecule has 0 aliphatic heterocycles. The van der Waals surface area contributed by atoms with Crippen molar-refractivity contribution in [2.24, 2.45) is 17.1 Å².